The number of hydrogen-bond acceptors (Lipinski definition) is 3. The Morgan fingerprint density at radius 1 is 1.37 bits per heavy atom. The van der Waals surface area contributed by atoms with Crippen LogP contribution < -0.4 is 0 Å². The Bertz CT molecular complexity index is 437. The second kappa shape index (κ2) is 7.69. The second-order valence-electron chi connectivity index (χ2n) is 5.07. The van der Waals surface area contributed by atoms with Crippen LogP contribution >= 0.6 is 11.3 Å². The summed E-state index contributed by atoms with van der Waals surface area (Å²) in [5.41, 5.74) is 1.09. The molecule has 0 spiro atoms. The van der Waals surface area contributed by atoms with Crippen LogP contribution in [-0.2, 0) is 6.54 Å². The van der Waals surface area contributed by atoms with E-state index in [-0.39, 0.29) is 6.61 Å². The lowest BCUT2D eigenvalue weighted by atomic mass is 9.94. The molecule has 19 heavy (non-hydrogen) atoms. The fourth-order valence-electron chi connectivity index (χ4n) is 2.84. The van der Waals surface area contributed by atoms with Gasteiger partial charge in [0.2, 0.25) is 0 Å². The molecule has 0 aromatic carbocycles. The van der Waals surface area contributed by atoms with Crippen molar-refractivity contribution in [2.24, 2.45) is 0 Å². The van der Waals surface area contributed by atoms with Gasteiger partial charge < -0.3 is 5.11 Å². The zero-order valence-corrected chi connectivity index (χ0v) is 12.5. The Morgan fingerprint density at radius 2 is 2.16 bits per heavy atom. The Kier molecular flexibility index (Phi) is 5.91. The molecule has 1 fully saturated rings. The fraction of sp³-hybridized carbons (Fsp3) is 0.625. The van der Waals surface area contributed by atoms with Crippen LogP contribution in [0.2, 0.25) is 0 Å². The van der Waals surface area contributed by atoms with E-state index < -0.39 is 0 Å². The van der Waals surface area contributed by atoms with Gasteiger partial charge in [-0.25, -0.2) is 0 Å². The number of nitrogens with zero attached hydrogens (tertiary/aromatic N) is 1. The molecule has 0 bridgehead atoms. The quantitative estimate of drug-likeness (QED) is 0.854. The molecule has 0 saturated heterocycles. The molecule has 0 atom stereocenters. The lowest BCUT2D eigenvalue weighted by Crippen LogP contribution is -2.36. The number of hydrogen-bond donors (Lipinski definition) is 1. The van der Waals surface area contributed by atoms with Gasteiger partial charge in [-0.05, 0) is 30.8 Å². The highest BCUT2D eigenvalue weighted by atomic mass is 32.1. The molecule has 1 heterocycles. The van der Waals surface area contributed by atoms with Gasteiger partial charge in [-0.1, -0.05) is 38.0 Å². The predicted octanol–water partition coefficient (Wildman–Crippen LogP) is 3.25. The van der Waals surface area contributed by atoms with Crippen molar-refractivity contribution in [2.45, 2.75) is 51.6 Å². The smallest absolute Gasteiger partial charge is 0.104 e. The molecule has 1 N–H and O–H groups in total. The maximum absolute atomic E-state index is 8.81. The molecule has 1 aromatic heterocycles. The van der Waals surface area contributed by atoms with Crippen LogP contribution in [0.4, 0.5) is 0 Å². The van der Waals surface area contributed by atoms with Crippen molar-refractivity contribution in [1.82, 2.24) is 4.90 Å². The van der Waals surface area contributed by atoms with Crippen LogP contribution in [0.5, 0.6) is 0 Å². The maximum Gasteiger partial charge on any atom is 0.104 e. The first-order valence-electron chi connectivity index (χ1n) is 7.25. The SMILES string of the molecule is CCN(Cc1sccc1C#CCO)C1CCCCC1. The average molecular weight is 277 g/mol. The van der Waals surface area contributed by atoms with E-state index in [1.807, 2.05) is 0 Å². The molecule has 2 rings (SSSR count). The average Bonchev–Trinajstić information content (AvgIpc) is 2.90. The highest BCUT2D eigenvalue weighted by Gasteiger charge is 2.20. The summed E-state index contributed by atoms with van der Waals surface area (Å²) in [4.78, 5) is 3.93. The van der Waals surface area contributed by atoms with Crippen LogP contribution in [-0.4, -0.2) is 29.2 Å². The first-order valence-corrected chi connectivity index (χ1v) is 8.13. The van der Waals surface area contributed by atoms with Gasteiger partial charge in [0, 0.05) is 23.0 Å². The van der Waals surface area contributed by atoms with Gasteiger partial charge >= 0.3 is 0 Å². The van der Waals surface area contributed by atoms with Gasteiger partial charge in [-0.3, -0.25) is 4.90 Å². The summed E-state index contributed by atoms with van der Waals surface area (Å²) in [6, 6.07) is 2.82. The third-order valence-corrected chi connectivity index (χ3v) is 4.80. The van der Waals surface area contributed by atoms with Crippen molar-refractivity contribution in [3.8, 4) is 11.8 Å². The summed E-state index contributed by atoms with van der Waals surface area (Å²) in [6.07, 6.45) is 6.85. The van der Waals surface area contributed by atoms with Gasteiger partial charge in [-0.2, -0.15) is 0 Å². The van der Waals surface area contributed by atoms with E-state index in [1.54, 1.807) is 11.3 Å². The molecule has 1 aliphatic rings. The Labute approximate surface area is 120 Å². The first-order chi connectivity index (χ1) is 9.35. The molecule has 0 aliphatic heterocycles. The largest absolute Gasteiger partial charge is 0.384 e. The Balaban J connectivity index is 2.03. The van der Waals surface area contributed by atoms with Gasteiger partial charge in [0.05, 0.1) is 0 Å². The van der Waals surface area contributed by atoms with Crippen LogP contribution in [0, 0.1) is 11.8 Å². The Morgan fingerprint density at radius 3 is 2.84 bits per heavy atom. The van der Waals surface area contributed by atoms with E-state index in [4.69, 9.17) is 5.11 Å². The van der Waals surface area contributed by atoms with Crippen molar-refractivity contribution in [2.75, 3.05) is 13.2 Å². The highest BCUT2D eigenvalue weighted by Crippen LogP contribution is 2.26. The zero-order chi connectivity index (χ0) is 13.5. The first kappa shape index (κ1) is 14.6. The molecular formula is C16H23NOS. The van der Waals surface area contributed by atoms with Crippen molar-refractivity contribution in [3.05, 3.63) is 21.9 Å². The number of thiophene rings is 1. The van der Waals surface area contributed by atoms with Crippen LogP contribution in [0.15, 0.2) is 11.4 Å². The second-order valence-corrected chi connectivity index (χ2v) is 6.07. The monoisotopic (exact) mass is 277 g/mol. The Hall–Kier alpha value is -0.820. The fourth-order valence-corrected chi connectivity index (χ4v) is 3.69. The number of rotatable bonds is 4. The van der Waals surface area contributed by atoms with E-state index in [2.05, 4.69) is 35.1 Å². The third kappa shape index (κ3) is 4.07. The lowest BCUT2D eigenvalue weighted by molar-refractivity contribution is 0.157. The van der Waals surface area contributed by atoms with Crippen LogP contribution in [0.1, 0.15) is 49.5 Å². The summed E-state index contributed by atoms with van der Waals surface area (Å²) >= 11 is 1.78. The highest BCUT2D eigenvalue weighted by molar-refractivity contribution is 7.10. The predicted molar refractivity (Wildman–Crippen MR) is 81.2 cm³/mol. The van der Waals surface area contributed by atoms with Gasteiger partial charge in [0.25, 0.3) is 0 Å². The molecule has 1 aliphatic carbocycles. The lowest BCUT2D eigenvalue weighted by Gasteiger charge is -2.33. The van der Waals surface area contributed by atoms with Crippen molar-refractivity contribution >= 4 is 11.3 Å². The maximum atomic E-state index is 8.81. The minimum atomic E-state index is -0.0601. The number of aliphatic hydroxyl groups is 1. The minimum absolute atomic E-state index is 0.0601. The van der Waals surface area contributed by atoms with E-state index in [1.165, 1.54) is 37.0 Å². The molecule has 1 aromatic rings. The minimum Gasteiger partial charge on any atom is -0.384 e. The molecule has 3 heteroatoms. The van der Waals surface area contributed by atoms with E-state index in [0.29, 0.717) is 0 Å². The standard InChI is InChI=1S/C16H23NOS/c1-2-17(15-8-4-3-5-9-15)13-16-14(7-6-11-18)10-12-19-16/h10,12,15,18H,2-5,8-9,11,13H2,1H3. The van der Waals surface area contributed by atoms with E-state index in [0.717, 1.165) is 24.7 Å². The third-order valence-electron chi connectivity index (χ3n) is 3.89. The molecule has 1 saturated carbocycles. The summed E-state index contributed by atoms with van der Waals surface area (Å²) < 4.78 is 0. The van der Waals surface area contributed by atoms with Crippen molar-refractivity contribution in [3.63, 3.8) is 0 Å². The summed E-state index contributed by atoms with van der Waals surface area (Å²) in [5.74, 6) is 5.81. The van der Waals surface area contributed by atoms with Gasteiger partial charge in [0.1, 0.15) is 6.61 Å². The summed E-state index contributed by atoms with van der Waals surface area (Å²) in [6.45, 7) is 4.31. The van der Waals surface area contributed by atoms with Gasteiger partial charge in [0.15, 0.2) is 0 Å². The molecule has 104 valence electrons. The van der Waals surface area contributed by atoms with Gasteiger partial charge in [-0.15, -0.1) is 11.3 Å². The zero-order valence-electron chi connectivity index (χ0n) is 11.7. The van der Waals surface area contributed by atoms with Crippen LogP contribution in [0.25, 0.3) is 0 Å². The molecule has 0 radical (unpaired) electrons. The van der Waals surface area contributed by atoms with Crippen molar-refractivity contribution in [1.29, 1.82) is 0 Å². The molecule has 0 unspecified atom stereocenters. The molecule has 0 amide bonds. The molecule has 2 nitrogen and oxygen atoms in total. The molecular weight excluding hydrogens is 254 g/mol. The summed E-state index contributed by atoms with van der Waals surface area (Å²) in [5, 5.41) is 10.9. The van der Waals surface area contributed by atoms with E-state index >= 15 is 0 Å². The number of aliphatic hydroxyl groups excluding tert-OH is 1. The van der Waals surface area contributed by atoms with E-state index in [9.17, 15) is 0 Å². The van der Waals surface area contributed by atoms with Crippen molar-refractivity contribution < 1.29 is 5.11 Å². The summed E-state index contributed by atoms with van der Waals surface area (Å²) in [7, 11) is 0. The normalized spacial score (nSPS) is 16.4. The van der Waals surface area contributed by atoms with Crippen LogP contribution in [0.3, 0.4) is 0 Å². The topological polar surface area (TPSA) is 23.5 Å².